The first-order valence-electron chi connectivity index (χ1n) is 8.28. The van der Waals surface area contributed by atoms with Gasteiger partial charge in [-0.05, 0) is 45.4 Å². The van der Waals surface area contributed by atoms with Crippen LogP contribution in [0.3, 0.4) is 0 Å². The molecule has 5 heteroatoms. The Morgan fingerprint density at radius 3 is 2.86 bits per heavy atom. The standard InChI is InChI=1S/C16H26N4O/c1-13-6-5-7-14(18-13)15-10-17-12-20(15)11-16(21)19-8-3-2-4-9-19/h10,12-14,18H,2-9,11H2,1H3. The van der Waals surface area contributed by atoms with Gasteiger partial charge in [0.1, 0.15) is 6.54 Å². The van der Waals surface area contributed by atoms with Crippen molar-refractivity contribution in [3.8, 4) is 0 Å². The largest absolute Gasteiger partial charge is 0.341 e. The van der Waals surface area contributed by atoms with Crippen LogP contribution in [0.1, 0.15) is 57.2 Å². The number of hydrogen-bond acceptors (Lipinski definition) is 3. The highest BCUT2D eigenvalue weighted by atomic mass is 16.2. The third-order valence-corrected chi connectivity index (χ3v) is 4.73. The Hall–Kier alpha value is -1.36. The van der Waals surface area contributed by atoms with E-state index in [0.717, 1.165) is 38.0 Å². The first-order chi connectivity index (χ1) is 10.2. The lowest BCUT2D eigenvalue weighted by Gasteiger charge is -2.30. The average Bonchev–Trinajstić information content (AvgIpc) is 2.96. The molecule has 2 unspecified atom stereocenters. The molecule has 2 saturated heterocycles. The van der Waals surface area contributed by atoms with E-state index in [1.807, 2.05) is 15.7 Å². The monoisotopic (exact) mass is 290 g/mol. The Kier molecular flexibility index (Phi) is 4.58. The van der Waals surface area contributed by atoms with Gasteiger partial charge in [-0.1, -0.05) is 0 Å². The summed E-state index contributed by atoms with van der Waals surface area (Å²) in [6.07, 6.45) is 10.9. The normalized spacial score (nSPS) is 26.8. The Morgan fingerprint density at radius 2 is 2.10 bits per heavy atom. The van der Waals surface area contributed by atoms with Crippen molar-refractivity contribution in [3.05, 3.63) is 18.2 Å². The summed E-state index contributed by atoms with van der Waals surface area (Å²) in [5.41, 5.74) is 1.16. The van der Waals surface area contributed by atoms with Crippen LogP contribution < -0.4 is 5.32 Å². The molecule has 0 saturated carbocycles. The molecular formula is C16H26N4O. The molecule has 1 aromatic heterocycles. The molecular weight excluding hydrogens is 264 g/mol. The van der Waals surface area contributed by atoms with Crippen LogP contribution in [0.4, 0.5) is 0 Å². The highest BCUT2D eigenvalue weighted by Crippen LogP contribution is 2.25. The molecule has 5 nitrogen and oxygen atoms in total. The molecule has 0 bridgehead atoms. The number of carbonyl (C=O) groups excluding carboxylic acids is 1. The van der Waals surface area contributed by atoms with Crippen LogP contribution in [0.2, 0.25) is 0 Å². The van der Waals surface area contributed by atoms with Crippen molar-refractivity contribution in [3.63, 3.8) is 0 Å². The van der Waals surface area contributed by atoms with Crippen molar-refractivity contribution in [2.45, 2.75) is 64.1 Å². The average molecular weight is 290 g/mol. The van der Waals surface area contributed by atoms with Crippen molar-refractivity contribution in [2.24, 2.45) is 0 Å². The number of hydrogen-bond donors (Lipinski definition) is 1. The van der Waals surface area contributed by atoms with Crippen molar-refractivity contribution < 1.29 is 4.79 Å². The number of rotatable bonds is 3. The highest BCUT2D eigenvalue weighted by molar-refractivity contribution is 5.76. The number of likely N-dealkylation sites (tertiary alicyclic amines) is 1. The summed E-state index contributed by atoms with van der Waals surface area (Å²) in [6, 6.07) is 0.885. The molecule has 0 aliphatic carbocycles. The molecule has 0 aromatic carbocycles. The molecule has 116 valence electrons. The number of amides is 1. The first kappa shape index (κ1) is 14.6. The van der Waals surface area contributed by atoms with Gasteiger partial charge in [-0.3, -0.25) is 4.79 Å². The van der Waals surface area contributed by atoms with E-state index in [1.165, 1.54) is 19.3 Å². The lowest BCUT2D eigenvalue weighted by atomic mass is 9.97. The molecule has 1 amide bonds. The summed E-state index contributed by atoms with van der Waals surface area (Å²) in [6.45, 7) is 4.50. The number of nitrogens with zero attached hydrogens (tertiary/aromatic N) is 3. The molecule has 1 aromatic rings. The van der Waals surface area contributed by atoms with Crippen LogP contribution in [-0.4, -0.2) is 39.5 Å². The molecule has 2 fully saturated rings. The second-order valence-corrected chi connectivity index (χ2v) is 6.44. The predicted octanol–water partition coefficient (Wildman–Crippen LogP) is 2.10. The van der Waals surface area contributed by atoms with E-state index >= 15 is 0 Å². The maximum absolute atomic E-state index is 12.4. The SMILES string of the molecule is CC1CCCC(c2cncn2CC(=O)N2CCCCC2)N1. The van der Waals surface area contributed by atoms with Gasteiger partial charge in [-0.25, -0.2) is 4.98 Å². The Bertz CT molecular complexity index is 478. The third-order valence-electron chi connectivity index (χ3n) is 4.73. The zero-order chi connectivity index (χ0) is 14.7. The number of nitrogens with one attached hydrogen (secondary N) is 1. The van der Waals surface area contributed by atoms with E-state index < -0.39 is 0 Å². The van der Waals surface area contributed by atoms with Crippen LogP contribution >= 0.6 is 0 Å². The summed E-state index contributed by atoms with van der Waals surface area (Å²) in [5.74, 6) is 0.234. The van der Waals surface area contributed by atoms with E-state index in [0.29, 0.717) is 18.6 Å². The summed E-state index contributed by atoms with van der Waals surface area (Å²) in [5, 5.41) is 3.63. The Morgan fingerprint density at radius 1 is 1.29 bits per heavy atom. The van der Waals surface area contributed by atoms with Crippen LogP contribution in [0.15, 0.2) is 12.5 Å². The summed E-state index contributed by atoms with van der Waals surface area (Å²) in [4.78, 5) is 18.7. The number of imidazole rings is 1. The fourth-order valence-corrected chi connectivity index (χ4v) is 3.51. The maximum atomic E-state index is 12.4. The molecule has 1 N–H and O–H groups in total. The van der Waals surface area contributed by atoms with Crippen LogP contribution in [0, 0.1) is 0 Å². The fraction of sp³-hybridized carbons (Fsp3) is 0.750. The van der Waals surface area contributed by atoms with E-state index in [-0.39, 0.29) is 5.91 Å². The minimum atomic E-state index is 0.234. The second kappa shape index (κ2) is 6.60. The highest BCUT2D eigenvalue weighted by Gasteiger charge is 2.24. The zero-order valence-electron chi connectivity index (χ0n) is 12.9. The third kappa shape index (κ3) is 3.46. The van der Waals surface area contributed by atoms with Crippen molar-refractivity contribution >= 4 is 5.91 Å². The van der Waals surface area contributed by atoms with Gasteiger partial charge in [-0.15, -0.1) is 0 Å². The summed E-state index contributed by atoms with van der Waals surface area (Å²) < 4.78 is 2.03. The van der Waals surface area contributed by atoms with Gasteiger partial charge < -0.3 is 14.8 Å². The first-order valence-corrected chi connectivity index (χ1v) is 8.28. The second-order valence-electron chi connectivity index (χ2n) is 6.44. The van der Waals surface area contributed by atoms with Crippen LogP contribution in [-0.2, 0) is 11.3 Å². The van der Waals surface area contributed by atoms with E-state index in [4.69, 9.17) is 0 Å². The summed E-state index contributed by atoms with van der Waals surface area (Å²) in [7, 11) is 0. The van der Waals surface area contributed by atoms with Crippen molar-refractivity contribution in [1.82, 2.24) is 19.8 Å². The zero-order valence-corrected chi connectivity index (χ0v) is 12.9. The van der Waals surface area contributed by atoms with E-state index in [2.05, 4.69) is 17.2 Å². The predicted molar refractivity (Wildman–Crippen MR) is 81.8 cm³/mol. The van der Waals surface area contributed by atoms with Gasteiger partial charge >= 0.3 is 0 Å². The minimum absolute atomic E-state index is 0.234. The molecule has 3 heterocycles. The van der Waals surface area contributed by atoms with Gasteiger partial charge in [-0.2, -0.15) is 0 Å². The van der Waals surface area contributed by atoms with Gasteiger partial charge in [0.05, 0.1) is 12.0 Å². The number of piperidine rings is 2. The quantitative estimate of drug-likeness (QED) is 0.927. The lowest BCUT2D eigenvalue weighted by molar-refractivity contribution is -0.132. The van der Waals surface area contributed by atoms with Crippen LogP contribution in [0.5, 0.6) is 0 Å². The molecule has 0 radical (unpaired) electrons. The number of aromatic nitrogens is 2. The molecule has 2 aliphatic rings. The van der Waals surface area contributed by atoms with Gasteiger partial charge in [0.15, 0.2) is 0 Å². The molecule has 2 aliphatic heterocycles. The molecule has 3 rings (SSSR count). The topological polar surface area (TPSA) is 50.2 Å². The van der Waals surface area contributed by atoms with E-state index in [1.54, 1.807) is 6.33 Å². The molecule has 0 spiro atoms. The van der Waals surface area contributed by atoms with Gasteiger partial charge in [0.2, 0.25) is 5.91 Å². The maximum Gasteiger partial charge on any atom is 0.242 e. The Labute approximate surface area is 126 Å². The van der Waals surface area contributed by atoms with Crippen molar-refractivity contribution in [2.75, 3.05) is 13.1 Å². The van der Waals surface area contributed by atoms with E-state index in [9.17, 15) is 4.79 Å². The lowest BCUT2D eigenvalue weighted by Crippen LogP contribution is -2.39. The van der Waals surface area contributed by atoms with Crippen molar-refractivity contribution in [1.29, 1.82) is 0 Å². The minimum Gasteiger partial charge on any atom is -0.341 e. The molecule has 2 atom stereocenters. The summed E-state index contributed by atoms with van der Waals surface area (Å²) >= 11 is 0. The molecule has 21 heavy (non-hydrogen) atoms. The Balaban J connectivity index is 1.65. The van der Waals surface area contributed by atoms with Crippen LogP contribution in [0.25, 0.3) is 0 Å². The number of carbonyl (C=O) groups is 1. The van der Waals surface area contributed by atoms with Gasteiger partial charge in [0.25, 0.3) is 0 Å². The van der Waals surface area contributed by atoms with Gasteiger partial charge in [0, 0.05) is 31.4 Å². The fourth-order valence-electron chi connectivity index (χ4n) is 3.51. The smallest absolute Gasteiger partial charge is 0.242 e.